The van der Waals surface area contributed by atoms with Crippen molar-refractivity contribution in [3.05, 3.63) is 70.4 Å². The largest absolute Gasteiger partial charge is 0.440 e. The molecule has 0 spiro atoms. The van der Waals surface area contributed by atoms with Gasteiger partial charge in [0.2, 0.25) is 5.88 Å². The molecule has 3 nitrogen and oxygen atoms in total. The highest BCUT2D eigenvalue weighted by Crippen LogP contribution is 2.22. The lowest BCUT2D eigenvalue weighted by Gasteiger charge is -2.09. The molecule has 19 heavy (non-hydrogen) atoms. The summed E-state index contributed by atoms with van der Waals surface area (Å²) in [5.41, 5.74) is 2.07. The smallest absolute Gasteiger partial charge is 0.204 e. The fraction of sp³-hybridized carbons (Fsp3) is 0.0625. The van der Waals surface area contributed by atoms with E-state index in [1.165, 1.54) is 0 Å². The fourth-order valence-electron chi connectivity index (χ4n) is 2.01. The minimum absolute atomic E-state index is 0.000260. The lowest BCUT2D eigenvalue weighted by Crippen LogP contribution is -2.08. The molecule has 3 heteroatoms. The third-order valence-electron chi connectivity index (χ3n) is 3.06. The number of benzene rings is 2. The zero-order valence-electron chi connectivity index (χ0n) is 10.5. The van der Waals surface area contributed by atoms with E-state index in [2.05, 4.69) is 5.32 Å². The van der Waals surface area contributed by atoms with Gasteiger partial charge in [-0.25, -0.2) is 0 Å². The van der Waals surface area contributed by atoms with Crippen LogP contribution in [-0.2, 0) is 0 Å². The van der Waals surface area contributed by atoms with Crippen molar-refractivity contribution in [2.24, 2.45) is 0 Å². The first kappa shape index (κ1) is 11.5. The molecule has 0 radical (unpaired) electrons. The molecule has 0 saturated carbocycles. The van der Waals surface area contributed by atoms with Crippen LogP contribution in [0.15, 0.2) is 63.8 Å². The van der Waals surface area contributed by atoms with Gasteiger partial charge in [-0.2, -0.15) is 0 Å². The van der Waals surface area contributed by atoms with Crippen molar-refractivity contribution >= 4 is 22.5 Å². The molecule has 0 atom stereocenters. The Labute approximate surface area is 110 Å². The lowest BCUT2D eigenvalue weighted by molar-refractivity contribution is 0.617. The van der Waals surface area contributed by atoms with Crippen molar-refractivity contribution in [3.8, 4) is 0 Å². The van der Waals surface area contributed by atoms with Crippen LogP contribution in [0.25, 0.3) is 11.0 Å². The van der Waals surface area contributed by atoms with Crippen LogP contribution < -0.4 is 10.7 Å². The Bertz CT molecular complexity index is 776. The van der Waals surface area contributed by atoms with E-state index in [0.29, 0.717) is 22.4 Å². The molecule has 3 aromatic rings. The van der Waals surface area contributed by atoms with E-state index in [-0.39, 0.29) is 5.43 Å². The van der Waals surface area contributed by atoms with Crippen LogP contribution in [0.2, 0.25) is 0 Å². The van der Waals surface area contributed by atoms with Gasteiger partial charge in [0.05, 0.1) is 10.9 Å². The molecule has 1 heterocycles. The molecule has 1 N–H and O–H groups in total. The van der Waals surface area contributed by atoms with Crippen molar-refractivity contribution in [3.63, 3.8) is 0 Å². The Kier molecular flexibility index (Phi) is 2.80. The average Bonchev–Trinajstić information content (AvgIpc) is 2.46. The lowest BCUT2D eigenvalue weighted by atomic mass is 10.2. The van der Waals surface area contributed by atoms with Crippen LogP contribution in [-0.4, -0.2) is 0 Å². The standard InChI is InChI=1S/C16H13NO2/c1-11-15(18)13-9-5-6-10-14(13)19-16(11)17-12-7-3-2-4-8-12/h2-10,17H,1H3. The highest BCUT2D eigenvalue weighted by Gasteiger charge is 2.10. The fourth-order valence-corrected chi connectivity index (χ4v) is 2.01. The summed E-state index contributed by atoms with van der Waals surface area (Å²) in [6, 6.07) is 16.9. The van der Waals surface area contributed by atoms with E-state index in [1.807, 2.05) is 42.5 Å². The summed E-state index contributed by atoms with van der Waals surface area (Å²) in [6.45, 7) is 1.77. The number of hydrogen-bond acceptors (Lipinski definition) is 3. The summed E-state index contributed by atoms with van der Waals surface area (Å²) >= 11 is 0. The molecule has 0 aliphatic rings. The number of para-hydroxylation sites is 2. The average molecular weight is 251 g/mol. The summed E-state index contributed by atoms with van der Waals surface area (Å²) in [4.78, 5) is 12.2. The van der Waals surface area contributed by atoms with Gasteiger partial charge in [-0.3, -0.25) is 4.79 Å². The predicted molar refractivity (Wildman–Crippen MR) is 76.9 cm³/mol. The highest BCUT2D eigenvalue weighted by atomic mass is 16.3. The topological polar surface area (TPSA) is 42.2 Å². The number of rotatable bonds is 2. The minimum Gasteiger partial charge on any atom is -0.440 e. The monoisotopic (exact) mass is 251 g/mol. The first-order chi connectivity index (χ1) is 9.25. The van der Waals surface area contributed by atoms with E-state index < -0.39 is 0 Å². The summed E-state index contributed by atoms with van der Waals surface area (Å²) in [5.74, 6) is 0.495. The van der Waals surface area contributed by atoms with Crippen LogP contribution in [0.1, 0.15) is 5.56 Å². The van der Waals surface area contributed by atoms with E-state index in [1.54, 1.807) is 19.1 Å². The number of nitrogens with one attached hydrogen (secondary N) is 1. The van der Waals surface area contributed by atoms with Crippen molar-refractivity contribution in [2.75, 3.05) is 5.32 Å². The summed E-state index contributed by atoms with van der Waals surface area (Å²) in [7, 11) is 0. The van der Waals surface area contributed by atoms with Crippen LogP contribution in [0, 0.1) is 6.92 Å². The summed E-state index contributed by atoms with van der Waals surface area (Å²) in [6.07, 6.45) is 0. The van der Waals surface area contributed by atoms with Gasteiger partial charge in [0.15, 0.2) is 5.43 Å². The molecular weight excluding hydrogens is 238 g/mol. The van der Waals surface area contributed by atoms with E-state index >= 15 is 0 Å². The number of hydrogen-bond donors (Lipinski definition) is 1. The first-order valence-corrected chi connectivity index (χ1v) is 6.10. The molecule has 1 aromatic heterocycles. The Morgan fingerprint density at radius 1 is 0.947 bits per heavy atom. The van der Waals surface area contributed by atoms with Crippen LogP contribution in [0.5, 0.6) is 0 Å². The van der Waals surface area contributed by atoms with Crippen LogP contribution in [0.3, 0.4) is 0 Å². The quantitative estimate of drug-likeness (QED) is 0.752. The molecule has 0 fully saturated rings. The highest BCUT2D eigenvalue weighted by molar-refractivity contribution is 5.79. The summed E-state index contributed by atoms with van der Waals surface area (Å²) in [5, 5.41) is 3.75. The van der Waals surface area contributed by atoms with E-state index in [9.17, 15) is 4.79 Å². The molecule has 0 unspecified atom stereocenters. The Morgan fingerprint density at radius 3 is 2.42 bits per heavy atom. The van der Waals surface area contributed by atoms with Crippen molar-refractivity contribution in [1.29, 1.82) is 0 Å². The van der Waals surface area contributed by atoms with E-state index in [0.717, 1.165) is 5.69 Å². The predicted octanol–water partition coefficient (Wildman–Crippen LogP) is 3.85. The maximum absolute atomic E-state index is 12.2. The van der Waals surface area contributed by atoms with Gasteiger partial charge in [0, 0.05) is 5.69 Å². The van der Waals surface area contributed by atoms with Gasteiger partial charge in [0.1, 0.15) is 5.58 Å². The minimum atomic E-state index is 0.000260. The first-order valence-electron chi connectivity index (χ1n) is 6.10. The number of anilines is 2. The van der Waals surface area contributed by atoms with Gasteiger partial charge < -0.3 is 9.73 Å². The molecule has 0 aliphatic carbocycles. The van der Waals surface area contributed by atoms with E-state index in [4.69, 9.17) is 4.42 Å². The molecule has 3 rings (SSSR count). The molecule has 2 aromatic carbocycles. The van der Waals surface area contributed by atoms with Crippen molar-refractivity contribution in [1.82, 2.24) is 0 Å². The molecule has 94 valence electrons. The molecule has 0 aliphatic heterocycles. The normalized spacial score (nSPS) is 10.6. The second kappa shape index (κ2) is 4.61. The van der Waals surface area contributed by atoms with Gasteiger partial charge in [0.25, 0.3) is 0 Å². The zero-order chi connectivity index (χ0) is 13.2. The van der Waals surface area contributed by atoms with Crippen molar-refractivity contribution < 1.29 is 4.42 Å². The zero-order valence-corrected chi connectivity index (χ0v) is 10.5. The van der Waals surface area contributed by atoms with Gasteiger partial charge in [-0.15, -0.1) is 0 Å². The molecular formula is C16H13NO2. The molecule has 0 saturated heterocycles. The van der Waals surface area contributed by atoms with Gasteiger partial charge in [-0.1, -0.05) is 30.3 Å². The van der Waals surface area contributed by atoms with Crippen molar-refractivity contribution in [2.45, 2.75) is 6.92 Å². The Morgan fingerprint density at radius 2 is 1.63 bits per heavy atom. The maximum Gasteiger partial charge on any atom is 0.204 e. The number of fused-ring (bicyclic) bond motifs is 1. The SMILES string of the molecule is Cc1c(Nc2ccccc2)oc2ccccc2c1=O. The third kappa shape index (κ3) is 2.10. The Balaban J connectivity index is 2.14. The van der Waals surface area contributed by atoms with Crippen LogP contribution in [0.4, 0.5) is 11.6 Å². The van der Waals surface area contributed by atoms with Crippen LogP contribution >= 0.6 is 0 Å². The van der Waals surface area contributed by atoms with Gasteiger partial charge >= 0.3 is 0 Å². The maximum atomic E-state index is 12.2. The molecule has 0 amide bonds. The summed E-state index contributed by atoms with van der Waals surface area (Å²) < 4.78 is 5.77. The van der Waals surface area contributed by atoms with Gasteiger partial charge in [-0.05, 0) is 31.2 Å². The molecule has 0 bridgehead atoms. The second-order valence-corrected chi connectivity index (χ2v) is 4.37. The Hall–Kier alpha value is -2.55. The second-order valence-electron chi connectivity index (χ2n) is 4.37. The third-order valence-corrected chi connectivity index (χ3v) is 3.06.